The SMILES string of the molecule is COc1ccc([N+](=O)[O-])cc1CNC(C)CCN(C)C. The number of non-ortho nitro benzene ring substituents is 1. The number of hydrogen-bond acceptors (Lipinski definition) is 5. The Balaban J connectivity index is 2.65. The fraction of sp³-hybridized carbons (Fsp3) is 0.571. The van der Waals surface area contributed by atoms with Crippen molar-refractivity contribution in [1.82, 2.24) is 10.2 Å². The van der Waals surface area contributed by atoms with Gasteiger partial charge in [0, 0.05) is 30.3 Å². The lowest BCUT2D eigenvalue weighted by atomic mass is 10.1. The van der Waals surface area contributed by atoms with Crippen molar-refractivity contribution in [2.45, 2.75) is 25.9 Å². The highest BCUT2D eigenvalue weighted by Crippen LogP contribution is 2.23. The van der Waals surface area contributed by atoms with Crippen LogP contribution < -0.4 is 10.1 Å². The number of methoxy groups -OCH3 is 1. The molecule has 0 aliphatic rings. The van der Waals surface area contributed by atoms with E-state index in [0.717, 1.165) is 18.5 Å². The van der Waals surface area contributed by atoms with Crippen molar-refractivity contribution < 1.29 is 9.66 Å². The summed E-state index contributed by atoms with van der Waals surface area (Å²) in [7, 11) is 5.65. The molecule has 0 saturated heterocycles. The number of benzene rings is 1. The van der Waals surface area contributed by atoms with E-state index in [1.807, 2.05) is 14.1 Å². The summed E-state index contributed by atoms with van der Waals surface area (Å²) in [6.45, 7) is 3.66. The van der Waals surface area contributed by atoms with Crippen LogP contribution in [-0.4, -0.2) is 43.6 Å². The lowest BCUT2D eigenvalue weighted by molar-refractivity contribution is -0.384. The molecule has 1 aromatic carbocycles. The molecule has 0 radical (unpaired) electrons. The van der Waals surface area contributed by atoms with Crippen LogP contribution in [0, 0.1) is 10.1 Å². The Morgan fingerprint density at radius 3 is 2.70 bits per heavy atom. The highest BCUT2D eigenvalue weighted by atomic mass is 16.6. The van der Waals surface area contributed by atoms with E-state index in [4.69, 9.17) is 4.74 Å². The Bertz CT molecular complexity index is 449. The van der Waals surface area contributed by atoms with Crippen LogP contribution in [-0.2, 0) is 6.54 Å². The minimum atomic E-state index is -0.390. The molecule has 20 heavy (non-hydrogen) atoms. The van der Waals surface area contributed by atoms with Crippen molar-refractivity contribution in [2.75, 3.05) is 27.7 Å². The van der Waals surface area contributed by atoms with Gasteiger partial charge in [-0.25, -0.2) is 0 Å². The largest absolute Gasteiger partial charge is 0.496 e. The summed E-state index contributed by atoms with van der Waals surface area (Å²) in [5.41, 5.74) is 0.891. The highest BCUT2D eigenvalue weighted by molar-refractivity contribution is 5.43. The van der Waals surface area contributed by atoms with E-state index in [1.54, 1.807) is 19.2 Å². The molecule has 0 amide bonds. The summed E-state index contributed by atoms with van der Waals surface area (Å²) in [4.78, 5) is 12.5. The normalized spacial score (nSPS) is 12.4. The van der Waals surface area contributed by atoms with E-state index in [0.29, 0.717) is 18.3 Å². The van der Waals surface area contributed by atoms with Crippen molar-refractivity contribution in [3.63, 3.8) is 0 Å². The van der Waals surface area contributed by atoms with E-state index < -0.39 is 4.92 Å². The summed E-state index contributed by atoms with van der Waals surface area (Å²) >= 11 is 0. The molecule has 6 heteroatoms. The van der Waals surface area contributed by atoms with Crippen molar-refractivity contribution in [3.05, 3.63) is 33.9 Å². The van der Waals surface area contributed by atoms with Crippen LogP contribution >= 0.6 is 0 Å². The van der Waals surface area contributed by atoms with Gasteiger partial charge in [-0.05, 0) is 40.1 Å². The van der Waals surface area contributed by atoms with Crippen molar-refractivity contribution in [1.29, 1.82) is 0 Å². The molecule has 1 atom stereocenters. The molecule has 112 valence electrons. The van der Waals surface area contributed by atoms with Gasteiger partial charge in [0.05, 0.1) is 12.0 Å². The van der Waals surface area contributed by atoms with Gasteiger partial charge in [-0.15, -0.1) is 0 Å². The van der Waals surface area contributed by atoms with Gasteiger partial charge in [-0.1, -0.05) is 0 Å². The summed E-state index contributed by atoms with van der Waals surface area (Å²) in [5, 5.41) is 14.2. The molecule has 0 heterocycles. The molecular weight excluding hydrogens is 258 g/mol. The highest BCUT2D eigenvalue weighted by Gasteiger charge is 2.12. The number of nitro groups is 1. The third-order valence-corrected chi connectivity index (χ3v) is 3.13. The van der Waals surface area contributed by atoms with Gasteiger partial charge in [-0.2, -0.15) is 0 Å². The second-order valence-corrected chi connectivity index (χ2v) is 5.13. The van der Waals surface area contributed by atoms with E-state index in [2.05, 4.69) is 17.1 Å². The van der Waals surface area contributed by atoms with Crippen molar-refractivity contribution >= 4 is 5.69 Å². The number of hydrogen-bond donors (Lipinski definition) is 1. The fourth-order valence-electron chi connectivity index (χ4n) is 1.85. The number of nitrogens with zero attached hydrogens (tertiary/aromatic N) is 2. The first kappa shape index (κ1) is 16.4. The molecule has 1 unspecified atom stereocenters. The molecule has 0 aliphatic carbocycles. The average molecular weight is 281 g/mol. The number of ether oxygens (including phenoxy) is 1. The lowest BCUT2D eigenvalue weighted by Crippen LogP contribution is -2.29. The quantitative estimate of drug-likeness (QED) is 0.583. The second-order valence-electron chi connectivity index (χ2n) is 5.13. The van der Waals surface area contributed by atoms with Crippen molar-refractivity contribution in [2.24, 2.45) is 0 Å². The predicted molar refractivity (Wildman–Crippen MR) is 79.1 cm³/mol. The Morgan fingerprint density at radius 1 is 1.45 bits per heavy atom. The molecule has 0 saturated carbocycles. The Labute approximate surface area is 119 Å². The maximum atomic E-state index is 10.8. The van der Waals surface area contributed by atoms with Crippen LogP contribution in [0.25, 0.3) is 0 Å². The topological polar surface area (TPSA) is 67.6 Å². The molecule has 1 aromatic rings. The van der Waals surface area contributed by atoms with Gasteiger partial charge in [-0.3, -0.25) is 10.1 Å². The fourth-order valence-corrected chi connectivity index (χ4v) is 1.85. The zero-order chi connectivity index (χ0) is 15.1. The molecule has 1 rings (SSSR count). The van der Waals surface area contributed by atoms with Crippen LogP contribution in [0.15, 0.2) is 18.2 Å². The van der Waals surface area contributed by atoms with Crippen molar-refractivity contribution in [3.8, 4) is 5.75 Å². The van der Waals surface area contributed by atoms with Gasteiger partial charge in [0.15, 0.2) is 0 Å². The van der Waals surface area contributed by atoms with E-state index >= 15 is 0 Å². The van der Waals surface area contributed by atoms with E-state index in [1.165, 1.54) is 6.07 Å². The monoisotopic (exact) mass is 281 g/mol. The zero-order valence-electron chi connectivity index (χ0n) is 12.5. The third kappa shape index (κ3) is 5.14. The number of nitrogens with one attached hydrogen (secondary N) is 1. The van der Waals surface area contributed by atoms with Gasteiger partial charge in [0.25, 0.3) is 5.69 Å². The molecule has 0 fully saturated rings. The third-order valence-electron chi connectivity index (χ3n) is 3.13. The summed E-state index contributed by atoms with van der Waals surface area (Å²) in [5.74, 6) is 0.669. The number of nitro benzene ring substituents is 1. The van der Waals surface area contributed by atoms with Crippen LogP contribution in [0.1, 0.15) is 18.9 Å². The summed E-state index contributed by atoms with van der Waals surface area (Å²) in [6, 6.07) is 4.99. The van der Waals surface area contributed by atoms with Gasteiger partial charge >= 0.3 is 0 Å². The summed E-state index contributed by atoms with van der Waals surface area (Å²) < 4.78 is 5.24. The van der Waals surface area contributed by atoms with E-state index in [9.17, 15) is 10.1 Å². The van der Waals surface area contributed by atoms with Crippen LogP contribution in [0.3, 0.4) is 0 Å². The zero-order valence-corrected chi connectivity index (χ0v) is 12.5. The van der Waals surface area contributed by atoms with Crippen LogP contribution in [0.4, 0.5) is 5.69 Å². The first-order chi connectivity index (χ1) is 9.43. The number of rotatable bonds is 8. The second kappa shape index (κ2) is 7.81. The predicted octanol–water partition coefficient (Wildman–Crippen LogP) is 2.03. The van der Waals surface area contributed by atoms with Gasteiger partial charge in [0.2, 0.25) is 0 Å². The maximum Gasteiger partial charge on any atom is 0.270 e. The molecule has 1 N–H and O–H groups in total. The smallest absolute Gasteiger partial charge is 0.270 e. The summed E-state index contributed by atoms with van der Waals surface area (Å²) in [6.07, 6.45) is 1.02. The van der Waals surface area contributed by atoms with E-state index in [-0.39, 0.29) is 5.69 Å². The minimum absolute atomic E-state index is 0.0866. The standard InChI is InChI=1S/C14H23N3O3/c1-11(7-8-16(2)3)15-10-12-9-13(17(18)19)5-6-14(12)20-4/h5-6,9,11,15H,7-8,10H2,1-4H3. The Morgan fingerprint density at radius 2 is 2.15 bits per heavy atom. The first-order valence-corrected chi connectivity index (χ1v) is 6.63. The average Bonchev–Trinajstić information content (AvgIpc) is 2.42. The van der Waals surface area contributed by atoms with Crippen LogP contribution in [0.2, 0.25) is 0 Å². The van der Waals surface area contributed by atoms with Gasteiger partial charge < -0.3 is 15.0 Å². The minimum Gasteiger partial charge on any atom is -0.496 e. The molecule has 0 aliphatic heterocycles. The Hall–Kier alpha value is -1.66. The molecule has 0 aromatic heterocycles. The molecule has 0 spiro atoms. The lowest BCUT2D eigenvalue weighted by Gasteiger charge is -2.17. The molecular formula is C14H23N3O3. The maximum absolute atomic E-state index is 10.8. The van der Waals surface area contributed by atoms with Crippen LogP contribution in [0.5, 0.6) is 5.75 Å². The molecule has 6 nitrogen and oxygen atoms in total. The van der Waals surface area contributed by atoms with Gasteiger partial charge in [0.1, 0.15) is 5.75 Å². The Kier molecular flexibility index (Phi) is 6.41. The molecule has 0 bridgehead atoms. The first-order valence-electron chi connectivity index (χ1n) is 6.63.